The van der Waals surface area contributed by atoms with Crippen LogP contribution in [0.4, 0.5) is 11.4 Å². The molecular formula is C25H31N3O4S2. The first kappa shape index (κ1) is 24.4. The normalized spacial score (nSPS) is 18.6. The summed E-state index contributed by atoms with van der Waals surface area (Å²) in [5.41, 5.74) is 3.28. The standard InChI is InChI=1S/C25H31N3O4S2/c1-16-10-24(33-15-16)19-6-8-23(32-5)25(11-19)34(29,30)27-21-12-20(7-9-22(21)31-4)28-13-17(2)26-18(3)14-28/h6-12,15,17-18,26-27H,13-14H2,1-5H3. The number of nitrogens with zero attached hydrogens (tertiary/aromatic N) is 1. The van der Waals surface area contributed by atoms with Crippen LogP contribution in [0.5, 0.6) is 11.5 Å². The van der Waals surface area contributed by atoms with Crippen molar-refractivity contribution in [2.24, 2.45) is 0 Å². The molecule has 2 aromatic carbocycles. The van der Waals surface area contributed by atoms with E-state index in [1.165, 1.54) is 14.2 Å². The lowest BCUT2D eigenvalue weighted by Crippen LogP contribution is -2.54. The predicted molar refractivity (Wildman–Crippen MR) is 139 cm³/mol. The van der Waals surface area contributed by atoms with E-state index in [2.05, 4.69) is 28.8 Å². The zero-order valence-corrected chi connectivity index (χ0v) is 21.7. The fourth-order valence-corrected chi connectivity index (χ4v) is 6.49. The van der Waals surface area contributed by atoms with Gasteiger partial charge in [-0.15, -0.1) is 11.3 Å². The summed E-state index contributed by atoms with van der Waals surface area (Å²) in [6.07, 6.45) is 0. The quantitative estimate of drug-likeness (QED) is 0.487. The van der Waals surface area contributed by atoms with Crippen molar-refractivity contribution in [2.75, 3.05) is 36.9 Å². The fourth-order valence-electron chi connectivity index (χ4n) is 4.33. The Kier molecular flexibility index (Phi) is 7.06. The van der Waals surface area contributed by atoms with Gasteiger partial charge in [0.15, 0.2) is 0 Å². The molecule has 2 unspecified atom stereocenters. The molecule has 7 nitrogen and oxygen atoms in total. The number of ether oxygens (including phenoxy) is 2. The van der Waals surface area contributed by atoms with Crippen LogP contribution in [0.2, 0.25) is 0 Å². The van der Waals surface area contributed by atoms with Gasteiger partial charge in [0.25, 0.3) is 10.0 Å². The fraction of sp³-hybridized carbons (Fsp3) is 0.360. The molecule has 2 N–H and O–H groups in total. The van der Waals surface area contributed by atoms with E-state index in [0.29, 0.717) is 23.5 Å². The minimum absolute atomic E-state index is 0.0791. The molecule has 182 valence electrons. The van der Waals surface area contributed by atoms with Crippen molar-refractivity contribution in [1.82, 2.24) is 5.32 Å². The van der Waals surface area contributed by atoms with Gasteiger partial charge in [-0.05, 0) is 79.7 Å². The van der Waals surface area contributed by atoms with E-state index in [0.717, 1.165) is 34.8 Å². The van der Waals surface area contributed by atoms with Crippen LogP contribution < -0.4 is 24.4 Å². The highest BCUT2D eigenvalue weighted by Crippen LogP contribution is 2.36. The molecule has 1 saturated heterocycles. The van der Waals surface area contributed by atoms with Crippen LogP contribution in [-0.2, 0) is 10.0 Å². The summed E-state index contributed by atoms with van der Waals surface area (Å²) < 4.78 is 40.7. The van der Waals surface area contributed by atoms with E-state index >= 15 is 0 Å². The van der Waals surface area contributed by atoms with Crippen LogP contribution in [0.25, 0.3) is 10.4 Å². The summed E-state index contributed by atoms with van der Waals surface area (Å²) in [5.74, 6) is 0.733. The number of hydrogen-bond acceptors (Lipinski definition) is 7. The van der Waals surface area contributed by atoms with E-state index in [1.807, 2.05) is 36.6 Å². The predicted octanol–water partition coefficient (Wildman–Crippen LogP) is 4.73. The van der Waals surface area contributed by atoms with Crippen molar-refractivity contribution in [3.8, 4) is 21.9 Å². The first-order chi connectivity index (χ1) is 16.2. The smallest absolute Gasteiger partial charge is 0.265 e. The van der Waals surface area contributed by atoms with Gasteiger partial charge >= 0.3 is 0 Å². The number of nitrogens with one attached hydrogen (secondary N) is 2. The number of methoxy groups -OCH3 is 2. The third kappa shape index (κ3) is 5.16. The number of aryl methyl sites for hydroxylation is 1. The van der Waals surface area contributed by atoms with Gasteiger partial charge in [-0.25, -0.2) is 8.42 Å². The Labute approximate surface area is 205 Å². The van der Waals surface area contributed by atoms with Crippen LogP contribution >= 0.6 is 11.3 Å². The van der Waals surface area contributed by atoms with Gasteiger partial charge in [-0.3, -0.25) is 4.72 Å². The average molecular weight is 502 g/mol. The lowest BCUT2D eigenvalue weighted by molar-refractivity contribution is 0.403. The molecule has 3 aromatic rings. The summed E-state index contributed by atoms with van der Waals surface area (Å²) in [4.78, 5) is 3.33. The van der Waals surface area contributed by atoms with Crippen LogP contribution in [0, 0.1) is 6.92 Å². The van der Waals surface area contributed by atoms with Crippen LogP contribution in [0.1, 0.15) is 19.4 Å². The maximum atomic E-state index is 13.6. The summed E-state index contributed by atoms with van der Waals surface area (Å²) in [5, 5.41) is 5.56. The van der Waals surface area contributed by atoms with Crippen molar-refractivity contribution < 1.29 is 17.9 Å². The van der Waals surface area contributed by atoms with Crippen molar-refractivity contribution in [3.05, 3.63) is 53.4 Å². The maximum absolute atomic E-state index is 13.6. The Morgan fingerprint density at radius 1 is 1.00 bits per heavy atom. The molecule has 2 atom stereocenters. The molecule has 0 saturated carbocycles. The molecule has 2 heterocycles. The molecule has 1 aromatic heterocycles. The lowest BCUT2D eigenvalue weighted by Gasteiger charge is -2.38. The first-order valence-corrected chi connectivity index (χ1v) is 13.5. The molecule has 1 fully saturated rings. The molecule has 1 aliphatic rings. The van der Waals surface area contributed by atoms with E-state index in [-0.39, 0.29) is 10.6 Å². The molecule has 1 aliphatic heterocycles. The molecule has 0 bridgehead atoms. The number of hydrogen-bond donors (Lipinski definition) is 2. The summed E-state index contributed by atoms with van der Waals surface area (Å²) in [6, 6.07) is 13.5. The van der Waals surface area contributed by atoms with E-state index in [4.69, 9.17) is 9.47 Å². The second kappa shape index (κ2) is 9.85. The Morgan fingerprint density at radius 3 is 2.29 bits per heavy atom. The van der Waals surface area contributed by atoms with Gasteiger partial charge < -0.3 is 19.7 Å². The Morgan fingerprint density at radius 2 is 1.68 bits per heavy atom. The average Bonchev–Trinajstić information content (AvgIpc) is 3.24. The molecule has 34 heavy (non-hydrogen) atoms. The van der Waals surface area contributed by atoms with Gasteiger partial charge in [-0.1, -0.05) is 0 Å². The van der Waals surface area contributed by atoms with Crippen LogP contribution in [0.3, 0.4) is 0 Å². The van der Waals surface area contributed by atoms with E-state index in [1.54, 1.807) is 29.5 Å². The third-order valence-electron chi connectivity index (χ3n) is 5.82. The van der Waals surface area contributed by atoms with Crippen LogP contribution in [0.15, 0.2) is 52.7 Å². The Bertz CT molecular complexity index is 1260. The minimum atomic E-state index is -3.96. The monoisotopic (exact) mass is 501 g/mol. The highest BCUT2D eigenvalue weighted by atomic mass is 32.2. The topological polar surface area (TPSA) is 79.9 Å². The SMILES string of the molecule is COc1ccc(N2CC(C)NC(C)C2)cc1NS(=O)(=O)c1cc(-c2cc(C)cs2)ccc1OC. The van der Waals surface area contributed by atoms with Gasteiger partial charge in [-0.2, -0.15) is 0 Å². The minimum Gasteiger partial charge on any atom is -0.495 e. The molecule has 0 amide bonds. The number of piperazine rings is 1. The van der Waals surface area contributed by atoms with Gasteiger partial charge in [0.1, 0.15) is 16.4 Å². The zero-order chi connectivity index (χ0) is 24.5. The number of rotatable bonds is 7. The number of anilines is 2. The zero-order valence-electron chi connectivity index (χ0n) is 20.1. The Hall–Kier alpha value is -2.75. The van der Waals surface area contributed by atoms with Crippen LogP contribution in [-0.4, -0.2) is 47.8 Å². The largest absolute Gasteiger partial charge is 0.495 e. The third-order valence-corrected chi connectivity index (χ3v) is 8.30. The molecule has 4 rings (SSSR count). The van der Waals surface area contributed by atoms with Gasteiger partial charge in [0, 0.05) is 35.7 Å². The van der Waals surface area contributed by atoms with Crippen molar-refractivity contribution >= 4 is 32.7 Å². The summed E-state index contributed by atoms with van der Waals surface area (Å²) >= 11 is 1.58. The van der Waals surface area contributed by atoms with Gasteiger partial charge in [0.05, 0.1) is 19.9 Å². The highest BCUT2D eigenvalue weighted by molar-refractivity contribution is 7.92. The molecular weight excluding hydrogens is 470 g/mol. The molecule has 0 aliphatic carbocycles. The van der Waals surface area contributed by atoms with E-state index < -0.39 is 10.0 Å². The lowest BCUT2D eigenvalue weighted by atomic mass is 10.1. The maximum Gasteiger partial charge on any atom is 0.265 e. The second-order valence-electron chi connectivity index (χ2n) is 8.72. The summed E-state index contributed by atoms with van der Waals surface area (Å²) in [6.45, 7) is 7.97. The highest BCUT2D eigenvalue weighted by Gasteiger charge is 2.25. The number of benzene rings is 2. The molecule has 0 radical (unpaired) electrons. The number of thiophene rings is 1. The van der Waals surface area contributed by atoms with E-state index in [9.17, 15) is 8.42 Å². The Balaban J connectivity index is 1.70. The summed E-state index contributed by atoms with van der Waals surface area (Å²) in [7, 11) is -0.963. The second-order valence-corrected chi connectivity index (χ2v) is 11.3. The van der Waals surface area contributed by atoms with Crippen molar-refractivity contribution in [3.63, 3.8) is 0 Å². The molecule has 9 heteroatoms. The molecule has 0 spiro atoms. The van der Waals surface area contributed by atoms with Gasteiger partial charge in [0.2, 0.25) is 0 Å². The van der Waals surface area contributed by atoms with Crippen molar-refractivity contribution in [1.29, 1.82) is 0 Å². The number of sulfonamides is 1. The van der Waals surface area contributed by atoms with Crippen molar-refractivity contribution in [2.45, 2.75) is 37.8 Å². The first-order valence-electron chi connectivity index (χ1n) is 11.2.